The lowest BCUT2D eigenvalue weighted by Gasteiger charge is -2.39. The van der Waals surface area contributed by atoms with Crippen molar-refractivity contribution in [3.05, 3.63) is 105 Å². The molecule has 0 saturated carbocycles. The number of anilines is 2. The lowest BCUT2D eigenvalue weighted by molar-refractivity contribution is 0.0694. The van der Waals surface area contributed by atoms with Crippen molar-refractivity contribution in [3.63, 3.8) is 0 Å². The number of H-pyrrole nitrogens is 1. The summed E-state index contributed by atoms with van der Waals surface area (Å²) in [6.45, 7) is 11.1. The number of aromatic amines is 1. The van der Waals surface area contributed by atoms with Crippen molar-refractivity contribution in [2.75, 3.05) is 49.1 Å². The predicted octanol–water partition coefficient (Wildman–Crippen LogP) is 8.60. The topological polar surface area (TPSA) is 84.9 Å². The molecule has 8 rings (SSSR count). The summed E-state index contributed by atoms with van der Waals surface area (Å²) in [7, 11) is 0. The number of nitrogens with one attached hydrogen (secondary N) is 1. The largest absolute Gasteiger partial charge is 0.478 e. The number of aromatic carboxylic acids is 1. The number of pyridine rings is 1. The van der Waals surface area contributed by atoms with Gasteiger partial charge in [-0.05, 0) is 96.8 Å². The summed E-state index contributed by atoms with van der Waals surface area (Å²) in [5.41, 5.74) is 7.70. The molecule has 258 valence electrons. The van der Waals surface area contributed by atoms with Crippen LogP contribution in [0.15, 0.2) is 78.6 Å². The highest BCUT2D eigenvalue weighted by atomic mass is 32.1. The average Bonchev–Trinajstić information content (AvgIpc) is 3.76. The predicted molar refractivity (Wildman–Crippen MR) is 198 cm³/mol. The number of thiophene rings is 1. The van der Waals surface area contributed by atoms with Crippen molar-refractivity contribution in [2.45, 2.75) is 46.1 Å². The Kier molecular flexibility index (Phi) is 8.60. The molecule has 5 aromatic rings. The number of carboxylic acids is 1. The second kappa shape index (κ2) is 13.2. The minimum Gasteiger partial charge on any atom is -0.478 e. The summed E-state index contributed by atoms with van der Waals surface area (Å²) in [5, 5.41) is 10.8. The highest BCUT2D eigenvalue weighted by Gasteiger charge is 2.31. The van der Waals surface area contributed by atoms with E-state index in [2.05, 4.69) is 44.6 Å². The van der Waals surface area contributed by atoms with E-state index in [0.29, 0.717) is 11.5 Å². The summed E-state index contributed by atoms with van der Waals surface area (Å²) in [5.74, 6) is -0.409. The summed E-state index contributed by atoms with van der Waals surface area (Å²) in [6.07, 6.45) is 7.85. The number of allylic oxidation sites excluding steroid dienone is 1. The van der Waals surface area contributed by atoms with Crippen molar-refractivity contribution < 1.29 is 19.0 Å². The van der Waals surface area contributed by atoms with Crippen molar-refractivity contribution in [2.24, 2.45) is 5.41 Å². The molecule has 0 radical (unpaired) electrons. The number of carbonyl (C=O) groups is 1. The maximum Gasteiger partial charge on any atom is 0.339 e. The minimum absolute atomic E-state index is 0.125. The van der Waals surface area contributed by atoms with E-state index < -0.39 is 5.97 Å². The minimum atomic E-state index is -1.02. The van der Waals surface area contributed by atoms with Crippen LogP contribution in [0.1, 0.15) is 58.8 Å². The van der Waals surface area contributed by atoms with Crippen LogP contribution < -0.4 is 14.5 Å². The van der Waals surface area contributed by atoms with Crippen molar-refractivity contribution in [1.82, 2.24) is 14.9 Å². The molecule has 3 aliphatic rings. The second-order valence-corrected chi connectivity index (χ2v) is 15.7. The Bertz CT molecular complexity index is 2080. The second-order valence-electron chi connectivity index (χ2n) is 14.6. The normalized spacial score (nSPS) is 18.1. The Hall–Kier alpha value is -4.67. The van der Waals surface area contributed by atoms with Crippen LogP contribution in [0.25, 0.3) is 16.6 Å². The van der Waals surface area contributed by atoms with Crippen molar-refractivity contribution in [1.29, 1.82) is 0 Å². The van der Waals surface area contributed by atoms with Gasteiger partial charge in [-0.3, -0.25) is 4.90 Å². The van der Waals surface area contributed by atoms with Gasteiger partial charge in [-0.2, -0.15) is 0 Å². The number of ether oxygens (including phenoxy) is 1. The van der Waals surface area contributed by atoms with Gasteiger partial charge in [-0.15, -0.1) is 11.3 Å². The van der Waals surface area contributed by atoms with Gasteiger partial charge in [0, 0.05) is 84.6 Å². The molecule has 1 saturated heterocycles. The van der Waals surface area contributed by atoms with Gasteiger partial charge in [0.15, 0.2) is 0 Å². The van der Waals surface area contributed by atoms with E-state index >= 15 is 0 Å². The molecule has 2 aromatic carbocycles. The molecule has 2 N–H and O–H groups in total. The molecule has 0 spiro atoms. The molecule has 1 aliphatic carbocycles. The first-order valence-electron chi connectivity index (χ1n) is 17.5. The van der Waals surface area contributed by atoms with E-state index in [-0.39, 0.29) is 16.8 Å². The Morgan fingerprint density at radius 1 is 0.980 bits per heavy atom. The van der Waals surface area contributed by atoms with Crippen molar-refractivity contribution >= 4 is 45.3 Å². The summed E-state index contributed by atoms with van der Waals surface area (Å²) in [4.78, 5) is 29.7. The van der Waals surface area contributed by atoms with E-state index in [4.69, 9.17) is 4.74 Å². The highest BCUT2D eigenvalue weighted by Crippen LogP contribution is 2.46. The first-order valence-corrected chi connectivity index (χ1v) is 18.3. The van der Waals surface area contributed by atoms with Gasteiger partial charge in [0.25, 0.3) is 0 Å². The fourth-order valence-electron chi connectivity index (χ4n) is 7.63. The molecule has 0 unspecified atom stereocenters. The van der Waals surface area contributed by atoms with E-state index in [1.54, 1.807) is 30.0 Å². The van der Waals surface area contributed by atoms with E-state index in [0.717, 1.165) is 87.5 Å². The SMILES string of the molecule is CC1(C)CCC(CN2CCN(c3ccc(C(=O)O)c(Oc4cnc5[nH]ccc5c4)c3)CC2)=C(c2cc3c(s2)CCN(c2ccc(F)cc2)C3)C1. The third-order valence-corrected chi connectivity index (χ3v) is 11.8. The smallest absolute Gasteiger partial charge is 0.339 e. The van der Waals surface area contributed by atoms with Gasteiger partial charge in [0.2, 0.25) is 0 Å². The van der Waals surface area contributed by atoms with Crippen LogP contribution in [-0.2, 0) is 13.0 Å². The molecule has 0 bridgehead atoms. The number of benzene rings is 2. The van der Waals surface area contributed by atoms with Crippen LogP contribution in [0.3, 0.4) is 0 Å². The third kappa shape index (κ3) is 6.74. The van der Waals surface area contributed by atoms with Gasteiger partial charge in [-0.1, -0.05) is 19.4 Å². The third-order valence-electron chi connectivity index (χ3n) is 10.5. The highest BCUT2D eigenvalue weighted by molar-refractivity contribution is 7.13. The zero-order chi connectivity index (χ0) is 34.4. The quantitative estimate of drug-likeness (QED) is 0.169. The molecular formula is C40H42FN5O3S. The number of hydrogen-bond acceptors (Lipinski definition) is 7. The van der Waals surface area contributed by atoms with Crippen LogP contribution in [0, 0.1) is 11.2 Å². The molecule has 10 heteroatoms. The number of hydrogen-bond donors (Lipinski definition) is 2. The fourth-order valence-corrected chi connectivity index (χ4v) is 8.88. The molecule has 0 atom stereocenters. The molecule has 5 heterocycles. The molecular weight excluding hydrogens is 650 g/mol. The summed E-state index contributed by atoms with van der Waals surface area (Å²) >= 11 is 1.98. The lowest BCUT2D eigenvalue weighted by atomic mass is 9.73. The maximum absolute atomic E-state index is 13.6. The van der Waals surface area contributed by atoms with Gasteiger partial charge < -0.3 is 24.6 Å². The van der Waals surface area contributed by atoms with Crippen LogP contribution in [0.5, 0.6) is 11.5 Å². The Labute approximate surface area is 295 Å². The average molecular weight is 692 g/mol. The monoisotopic (exact) mass is 691 g/mol. The zero-order valence-electron chi connectivity index (χ0n) is 28.5. The summed E-state index contributed by atoms with van der Waals surface area (Å²) < 4.78 is 19.7. The number of fused-ring (bicyclic) bond motifs is 2. The Balaban J connectivity index is 0.968. The van der Waals surface area contributed by atoms with Crippen LogP contribution in [0.4, 0.5) is 15.8 Å². The number of nitrogens with zero attached hydrogens (tertiary/aromatic N) is 4. The van der Waals surface area contributed by atoms with Gasteiger partial charge >= 0.3 is 5.97 Å². The molecule has 8 nitrogen and oxygen atoms in total. The number of aromatic nitrogens is 2. The Morgan fingerprint density at radius 3 is 2.58 bits per heavy atom. The van der Waals surface area contributed by atoms with E-state index in [1.807, 2.05) is 53.9 Å². The van der Waals surface area contributed by atoms with Gasteiger partial charge in [-0.25, -0.2) is 14.2 Å². The first-order chi connectivity index (χ1) is 24.2. The lowest BCUT2D eigenvalue weighted by Crippen LogP contribution is -2.47. The van der Waals surface area contributed by atoms with E-state index in [1.165, 1.54) is 27.3 Å². The molecule has 0 amide bonds. The van der Waals surface area contributed by atoms with Crippen molar-refractivity contribution in [3.8, 4) is 11.5 Å². The fraction of sp³-hybridized carbons (Fsp3) is 0.350. The standard InChI is InChI=1S/C40H42FN5O3S/c1-40(2)12-9-27(34(22-40)37-20-28-25-46(14-11-36(28)50-37)30-5-3-29(41)4-6-30)24-44-15-17-45(18-16-44)31-7-8-33(39(47)48)35(21-31)49-32-19-26-10-13-42-38(26)43-23-32/h3-8,10,13,19-21,23H,9,11-12,14-18,22,24-25H2,1-2H3,(H,42,43)(H,47,48). The number of piperazine rings is 1. The van der Waals surface area contributed by atoms with Gasteiger partial charge in [0.1, 0.15) is 28.5 Å². The maximum atomic E-state index is 13.6. The van der Waals surface area contributed by atoms with Crippen LogP contribution in [0.2, 0.25) is 0 Å². The molecule has 3 aromatic heterocycles. The molecule has 2 aliphatic heterocycles. The first kappa shape index (κ1) is 32.5. The molecule has 50 heavy (non-hydrogen) atoms. The number of rotatable bonds is 8. The zero-order valence-corrected chi connectivity index (χ0v) is 29.4. The van der Waals surface area contributed by atoms with E-state index in [9.17, 15) is 14.3 Å². The summed E-state index contributed by atoms with van der Waals surface area (Å²) in [6, 6.07) is 18.5. The van der Waals surface area contributed by atoms with Gasteiger partial charge in [0.05, 0.1) is 6.20 Å². The van der Waals surface area contributed by atoms with Crippen LogP contribution in [-0.4, -0.2) is 65.2 Å². The van der Waals surface area contributed by atoms with Crippen LogP contribution >= 0.6 is 11.3 Å². The number of halogens is 1. The molecule has 1 fully saturated rings. The number of carboxylic acid groups (broad SMARTS) is 1. The Morgan fingerprint density at radius 2 is 1.78 bits per heavy atom.